The van der Waals surface area contributed by atoms with Gasteiger partial charge in [-0.05, 0) is 232 Å². The van der Waals surface area contributed by atoms with Crippen LogP contribution in [0.1, 0.15) is 22.3 Å². The maximum Gasteiger partial charge on any atom is 0.235 e. The molecule has 12 nitrogen and oxygen atoms in total. The Morgan fingerprint density at radius 2 is 0.408 bits per heavy atom. The molecule has 0 saturated carbocycles. The van der Waals surface area contributed by atoms with Crippen molar-refractivity contribution < 1.29 is 0 Å². The molecule has 0 aliphatic rings. The van der Waals surface area contributed by atoms with Gasteiger partial charge in [0.1, 0.15) is 0 Å². The standard InChI is InChI=1S/C108H62N12/c109-63-67-28-36-72(37-29-67)95-61-96(73-38-30-68(64-110)31-39-73)114-107(113-95)119-101-26-10-6-22-89(101)93-59-80(46-50-105(93)119)78-44-48-103-91(57-78)87-20-4-8-24-99(87)117(103)85-18-12-16-76(55-85)83-52-82(71-14-2-1-3-15-71)53-84(54-83)77-17-13-19-86(56-77)118-100-25-9-5-21-88(100)92-58-79(45-49-104(92)118)81-47-51-106-94(60-81)90-23-7-11-27-102(90)120(106)108-115-97(74-40-32-69(65-111)33-41-74)62-98(116-108)75-42-34-70(66-112)35-43-75/h1-62H. The molecule has 0 spiro atoms. The van der Waals surface area contributed by atoms with Gasteiger partial charge in [-0.15, -0.1) is 0 Å². The van der Waals surface area contributed by atoms with Gasteiger partial charge in [0.15, 0.2) is 0 Å². The zero-order chi connectivity index (χ0) is 80.1. The van der Waals surface area contributed by atoms with E-state index in [0.717, 1.165) is 176 Å². The van der Waals surface area contributed by atoms with E-state index in [1.165, 1.54) is 0 Å². The van der Waals surface area contributed by atoms with Crippen LogP contribution in [0.25, 0.3) is 211 Å². The SMILES string of the molecule is N#Cc1ccc(-c2cc(-c3ccc(C#N)cc3)nc(-n3c4ccccc4c4cc(-c5ccc6c(c5)c5ccccc5n6-c5cccc(-c6cc(-c7ccccc7)cc(-c7cccc(-n8c9ccccc9c9cc(-c%10ccc%11c(c%10)c%10ccccc%10n%11-c%10nc(-c%11ccc(C#N)cc%11)cc(-c%11ccc(C#N)cc%11)n%10)ccc98)c7)c6)c5)ccc43)n2)cc1. The largest absolute Gasteiger partial charge is 0.309 e. The lowest BCUT2D eigenvalue weighted by Crippen LogP contribution is -2.04. The van der Waals surface area contributed by atoms with Gasteiger partial charge >= 0.3 is 0 Å². The average molecular weight is 1530 g/mol. The van der Waals surface area contributed by atoms with Gasteiger partial charge < -0.3 is 9.13 Å². The Morgan fingerprint density at radius 3 is 0.717 bits per heavy atom. The molecule has 0 fully saturated rings. The molecule has 0 atom stereocenters. The molecule has 22 aromatic rings. The molecule has 120 heavy (non-hydrogen) atoms. The van der Waals surface area contributed by atoms with Gasteiger partial charge in [-0.25, -0.2) is 19.9 Å². The van der Waals surface area contributed by atoms with Crippen LogP contribution >= 0.6 is 0 Å². The van der Waals surface area contributed by atoms with E-state index in [2.05, 4.69) is 297 Å². The lowest BCUT2D eigenvalue weighted by Gasteiger charge is -2.15. The highest BCUT2D eigenvalue weighted by atomic mass is 15.2. The topological polar surface area (TPSA) is 166 Å². The highest BCUT2D eigenvalue weighted by molar-refractivity contribution is 6.15. The Bertz CT molecular complexity index is 7570. The molecule has 6 aromatic heterocycles. The smallest absolute Gasteiger partial charge is 0.235 e. The number of benzene rings is 16. The highest BCUT2D eigenvalue weighted by Crippen LogP contribution is 2.44. The zero-order valence-corrected chi connectivity index (χ0v) is 64.2. The van der Waals surface area contributed by atoms with Gasteiger partial charge in [0.25, 0.3) is 0 Å². The fraction of sp³-hybridized carbons (Fsp3) is 0. The molecule has 12 heteroatoms. The normalized spacial score (nSPS) is 11.5. The molecule has 0 aliphatic carbocycles. The monoisotopic (exact) mass is 1530 g/mol. The van der Waals surface area contributed by atoms with Gasteiger partial charge in [0.05, 0.1) is 113 Å². The van der Waals surface area contributed by atoms with E-state index in [4.69, 9.17) is 19.9 Å². The molecule has 6 heterocycles. The van der Waals surface area contributed by atoms with Crippen molar-refractivity contribution in [2.24, 2.45) is 0 Å². The Kier molecular flexibility index (Phi) is 16.5. The second-order valence-corrected chi connectivity index (χ2v) is 30.2. The Morgan fingerprint density at radius 1 is 0.167 bits per heavy atom. The first-order valence-electron chi connectivity index (χ1n) is 39.6. The molecule has 0 radical (unpaired) electrons. The predicted molar refractivity (Wildman–Crippen MR) is 483 cm³/mol. The van der Waals surface area contributed by atoms with Gasteiger partial charge in [-0.1, -0.05) is 200 Å². The van der Waals surface area contributed by atoms with Gasteiger partial charge in [-0.3, -0.25) is 9.13 Å². The van der Waals surface area contributed by atoms with E-state index < -0.39 is 0 Å². The molecule has 0 aliphatic heterocycles. The Balaban J connectivity index is 0.607. The lowest BCUT2D eigenvalue weighted by atomic mass is 9.93. The summed E-state index contributed by atoms with van der Waals surface area (Å²) in [5.74, 6) is 1.01. The molecule has 22 rings (SSSR count). The van der Waals surface area contributed by atoms with E-state index in [1.807, 2.05) is 72.8 Å². The van der Waals surface area contributed by atoms with Crippen molar-refractivity contribution >= 4 is 87.2 Å². The predicted octanol–water partition coefficient (Wildman–Crippen LogP) is 26.1. The first-order valence-corrected chi connectivity index (χ1v) is 39.6. The lowest BCUT2D eigenvalue weighted by molar-refractivity contribution is 0.995. The van der Waals surface area contributed by atoms with Gasteiger partial charge in [0.2, 0.25) is 11.9 Å². The second kappa shape index (κ2) is 28.4. The van der Waals surface area contributed by atoms with Gasteiger partial charge in [-0.2, -0.15) is 21.0 Å². The third-order valence-electron chi connectivity index (χ3n) is 23.3. The van der Waals surface area contributed by atoms with Crippen molar-refractivity contribution in [1.29, 1.82) is 21.0 Å². The number of nitrogens with zero attached hydrogens (tertiary/aromatic N) is 12. The number of nitriles is 4. The summed E-state index contributed by atoms with van der Waals surface area (Å²) >= 11 is 0. The summed E-state index contributed by atoms with van der Waals surface area (Å²) in [5, 5.41) is 47.5. The third-order valence-corrected chi connectivity index (χ3v) is 23.3. The molecule has 0 amide bonds. The fourth-order valence-electron chi connectivity index (χ4n) is 17.5. The van der Waals surface area contributed by atoms with Gasteiger partial charge in [0, 0.05) is 76.7 Å². The van der Waals surface area contributed by atoms with E-state index in [0.29, 0.717) is 56.9 Å². The summed E-state index contributed by atoms with van der Waals surface area (Å²) in [5.41, 5.74) is 29.8. The quantitative estimate of drug-likeness (QED) is 0.110. The highest BCUT2D eigenvalue weighted by Gasteiger charge is 2.24. The molecule has 0 saturated heterocycles. The number of para-hydroxylation sites is 4. The molecule has 0 bridgehead atoms. The van der Waals surface area contributed by atoms with Crippen LogP contribution in [0, 0.1) is 45.3 Å². The minimum absolute atomic E-state index is 0.503. The molecule has 16 aromatic carbocycles. The summed E-state index contributed by atoms with van der Waals surface area (Å²) < 4.78 is 9.08. The average Bonchev–Trinajstić information content (AvgIpc) is 1.59. The number of hydrogen-bond acceptors (Lipinski definition) is 8. The van der Waals surface area contributed by atoms with Crippen LogP contribution in [-0.4, -0.2) is 38.2 Å². The molecule has 554 valence electrons. The molecule has 0 unspecified atom stereocenters. The minimum Gasteiger partial charge on any atom is -0.309 e. The maximum atomic E-state index is 9.67. The summed E-state index contributed by atoms with van der Waals surface area (Å²) in [6.07, 6.45) is 0. The minimum atomic E-state index is 0.503. The zero-order valence-electron chi connectivity index (χ0n) is 64.2. The van der Waals surface area contributed by atoms with Crippen LogP contribution in [0.15, 0.2) is 376 Å². The summed E-state index contributed by atoms with van der Waals surface area (Å²) in [7, 11) is 0. The molecular weight excluding hydrogens is 1470 g/mol. The van der Waals surface area contributed by atoms with Crippen molar-refractivity contribution in [3.63, 3.8) is 0 Å². The number of aromatic nitrogens is 8. The molecule has 0 N–H and O–H groups in total. The van der Waals surface area contributed by atoms with E-state index in [1.54, 1.807) is 48.5 Å². The third kappa shape index (κ3) is 11.9. The summed E-state index contributed by atoms with van der Waals surface area (Å²) in [6, 6.07) is 140. The number of fused-ring (bicyclic) bond motifs is 12. The first kappa shape index (κ1) is 69.5. The van der Waals surface area contributed by atoms with Crippen molar-refractivity contribution in [3.8, 4) is 148 Å². The van der Waals surface area contributed by atoms with Crippen LogP contribution in [0.3, 0.4) is 0 Å². The van der Waals surface area contributed by atoms with Crippen LogP contribution < -0.4 is 0 Å². The first-order chi connectivity index (χ1) is 59.2. The van der Waals surface area contributed by atoms with E-state index >= 15 is 0 Å². The van der Waals surface area contributed by atoms with Crippen molar-refractivity contribution in [3.05, 3.63) is 398 Å². The summed E-state index contributed by atoms with van der Waals surface area (Å²) in [6.45, 7) is 0. The summed E-state index contributed by atoms with van der Waals surface area (Å²) in [4.78, 5) is 21.0. The van der Waals surface area contributed by atoms with Crippen LogP contribution in [0.4, 0.5) is 0 Å². The van der Waals surface area contributed by atoms with Crippen LogP contribution in [0.2, 0.25) is 0 Å². The Hall–Kier alpha value is -17.2. The van der Waals surface area contributed by atoms with E-state index in [-0.39, 0.29) is 0 Å². The molecular formula is C108H62N12. The number of rotatable bonds is 13. The van der Waals surface area contributed by atoms with E-state index in [9.17, 15) is 21.0 Å². The fourth-order valence-corrected chi connectivity index (χ4v) is 17.5. The number of hydrogen-bond donors (Lipinski definition) is 0. The maximum absolute atomic E-state index is 9.67. The second-order valence-electron chi connectivity index (χ2n) is 30.2. The van der Waals surface area contributed by atoms with Crippen molar-refractivity contribution in [1.82, 2.24) is 38.2 Å². The van der Waals surface area contributed by atoms with Crippen LogP contribution in [-0.2, 0) is 0 Å². The van der Waals surface area contributed by atoms with Crippen molar-refractivity contribution in [2.45, 2.75) is 0 Å². The van der Waals surface area contributed by atoms with Crippen molar-refractivity contribution in [2.75, 3.05) is 0 Å². The Labute approximate surface area is 688 Å². The van der Waals surface area contributed by atoms with Crippen LogP contribution in [0.5, 0.6) is 0 Å².